The van der Waals surface area contributed by atoms with E-state index >= 15 is 0 Å². The first-order valence-electron chi connectivity index (χ1n) is 7.81. The molecule has 1 heterocycles. The average Bonchev–Trinajstić information content (AvgIpc) is 3.32. The van der Waals surface area contributed by atoms with Crippen LogP contribution in [0.3, 0.4) is 0 Å². The molecule has 1 N–H and O–H groups in total. The topological polar surface area (TPSA) is 65.4 Å². The Kier molecular flexibility index (Phi) is 4.80. The van der Waals surface area contributed by atoms with Crippen LogP contribution in [0.4, 0.5) is 0 Å². The van der Waals surface area contributed by atoms with Gasteiger partial charge in [0.1, 0.15) is 5.82 Å². The first-order valence-corrected chi connectivity index (χ1v) is 7.81. The summed E-state index contributed by atoms with van der Waals surface area (Å²) in [5.74, 6) is 2.77. The third-order valence-electron chi connectivity index (χ3n) is 3.79. The van der Waals surface area contributed by atoms with E-state index in [1.54, 1.807) is 19.2 Å². The Hall–Kier alpha value is -2.50. The largest absolute Gasteiger partial charge is 0.493 e. The van der Waals surface area contributed by atoms with E-state index in [4.69, 9.17) is 9.47 Å². The standard InChI is InChI=1S/C17H21N3O3/c1-22-14-4-2-3-5-15(14)23-12-16(21)18-8-10-20-11-9-19-17(20)13-6-7-13/h2-5,9,11,13H,6-8,10,12H2,1H3,(H,18,21). The molecule has 1 fully saturated rings. The first-order chi connectivity index (χ1) is 11.3. The molecular weight excluding hydrogens is 294 g/mol. The van der Waals surface area contributed by atoms with Gasteiger partial charge in [0.2, 0.25) is 0 Å². The van der Waals surface area contributed by atoms with Gasteiger partial charge < -0.3 is 19.4 Å². The Labute approximate surface area is 135 Å². The zero-order chi connectivity index (χ0) is 16.1. The zero-order valence-electron chi connectivity index (χ0n) is 13.2. The second-order valence-corrected chi connectivity index (χ2v) is 5.54. The van der Waals surface area contributed by atoms with Crippen molar-refractivity contribution in [2.45, 2.75) is 25.3 Å². The summed E-state index contributed by atoms with van der Waals surface area (Å²) in [5.41, 5.74) is 0. The molecule has 122 valence electrons. The lowest BCUT2D eigenvalue weighted by molar-refractivity contribution is -0.123. The van der Waals surface area contributed by atoms with Gasteiger partial charge in [-0.05, 0) is 25.0 Å². The SMILES string of the molecule is COc1ccccc1OCC(=O)NCCn1ccnc1C1CC1. The number of methoxy groups -OCH3 is 1. The maximum atomic E-state index is 11.9. The Bertz CT molecular complexity index is 665. The molecular formula is C17H21N3O3. The quantitative estimate of drug-likeness (QED) is 0.809. The van der Waals surface area contributed by atoms with Crippen molar-refractivity contribution in [2.24, 2.45) is 0 Å². The molecule has 1 aliphatic rings. The van der Waals surface area contributed by atoms with Crippen LogP contribution in [0.15, 0.2) is 36.7 Å². The molecule has 0 radical (unpaired) electrons. The molecule has 0 aliphatic heterocycles. The highest BCUT2D eigenvalue weighted by Crippen LogP contribution is 2.38. The molecule has 1 aliphatic carbocycles. The Morgan fingerprint density at radius 1 is 1.35 bits per heavy atom. The number of hydrogen-bond acceptors (Lipinski definition) is 4. The van der Waals surface area contributed by atoms with Gasteiger partial charge in [-0.15, -0.1) is 0 Å². The number of nitrogens with one attached hydrogen (secondary N) is 1. The molecule has 1 aromatic carbocycles. The molecule has 0 bridgehead atoms. The number of amides is 1. The molecule has 23 heavy (non-hydrogen) atoms. The summed E-state index contributed by atoms with van der Waals surface area (Å²) in [5, 5.41) is 2.86. The van der Waals surface area contributed by atoms with Crippen LogP contribution in [0.25, 0.3) is 0 Å². The average molecular weight is 315 g/mol. The predicted molar refractivity (Wildman–Crippen MR) is 85.7 cm³/mol. The lowest BCUT2D eigenvalue weighted by atomic mass is 10.3. The molecule has 0 spiro atoms. The summed E-state index contributed by atoms with van der Waals surface area (Å²) in [4.78, 5) is 16.3. The Morgan fingerprint density at radius 3 is 2.87 bits per heavy atom. The summed E-state index contributed by atoms with van der Waals surface area (Å²) in [6.45, 7) is 1.26. The van der Waals surface area contributed by atoms with E-state index in [9.17, 15) is 4.79 Å². The van der Waals surface area contributed by atoms with Crippen molar-refractivity contribution in [3.8, 4) is 11.5 Å². The highest BCUT2D eigenvalue weighted by Gasteiger charge is 2.27. The van der Waals surface area contributed by atoms with Crippen molar-refractivity contribution in [2.75, 3.05) is 20.3 Å². The van der Waals surface area contributed by atoms with Crippen LogP contribution < -0.4 is 14.8 Å². The van der Waals surface area contributed by atoms with E-state index in [0.717, 1.165) is 12.4 Å². The van der Waals surface area contributed by atoms with E-state index in [1.165, 1.54) is 12.8 Å². The number of hydrogen-bond donors (Lipinski definition) is 1. The minimum absolute atomic E-state index is 0.0280. The van der Waals surface area contributed by atoms with Gasteiger partial charge in [0.05, 0.1) is 7.11 Å². The summed E-state index contributed by atoms with van der Waals surface area (Å²) in [7, 11) is 1.57. The van der Waals surface area contributed by atoms with Crippen LogP contribution in [0.1, 0.15) is 24.6 Å². The predicted octanol–water partition coefficient (Wildman–Crippen LogP) is 1.96. The molecule has 6 nitrogen and oxygen atoms in total. The monoisotopic (exact) mass is 315 g/mol. The number of aromatic nitrogens is 2. The number of benzene rings is 1. The minimum Gasteiger partial charge on any atom is -0.493 e. The third-order valence-corrected chi connectivity index (χ3v) is 3.79. The van der Waals surface area contributed by atoms with Gasteiger partial charge in [0, 0.05) is 31.4 Å². The number of nitrogens with zero attached hydrogens (tertiary/aromatic N) is 2. The van der Waals surface area contributed by atoms with E-state index < -0.39 is 0 Å². The van der Waals surface area contributed by atoms with Crippen molar-refractivity contribution in [1.29, 1.82) is 0 Å². The second-order valence-electron chi connectivity index (χ2n) is 5.54. The molecule has 0 atom stereocenters. The summed E-state index contributed by atoms with van der Waals surface area (Å²) in [6.07, 6.45) is 6.22. The summed E-state index contributed by atoms with van der Waals surface area (Å²) < 4.78 is 12.8. The second kappa shape index (κ2) is 7.17. The molecule has 0 unspecified atom stereocenters. The fourth-order valence-electron chi connectivity index (χ4n) is 2.46. The van der Waals surface area contributed by atoms with Gasteiger partial charge in [-0.25, -0.2) is 4.98 Å². The molecule has 2 aromatic rings. The zero-order valence-corrected chi connectivity index (χ0v) is 13.2. The maximum Gasteiger partial charge on any atom is 0.258 e. The van der Waals surface area contributed by atoms with E-state index in [0.29, 0.717) is 24.0 Å². The molecule has 0 saturated heterocycles. The van der Waals surface area contributed by atoms with Crippen LogP contribution in [0.2, 0.25) is 0 Å². The van der Waals surface area contributed by atoms with Crippen LogP contribution in [-0.4, -0.2) is 35.7 Å². The highest BCUT2D eigenvalue weighted by molar-refractivity contribution is 5.77. The number of imidazole rings is 1. The molecule has 1 aromatic heterocycles. The molecule has 6 heteroatoms. The van der Waals surface area contributed by atoms with E-state index in [2.05, 4.69) is 14.9 Å². The van der Waals surface area contributed by atoms with E-state index in [1.807, 2.05) is 24.5 Å². The van der Waals surface area contributed by atoms with Crippen molar-refractivity contribution in [3.63, 3.8) is 0 Å². The summed E-state index contributed by atoms with van der Waals surface area (Å²) >= 11 is 0. The fraction of sp³-hybridized carbons (Fsp3) is 0.412. The maximum absolute atomic E-state index is 11.9. The number of rotatable bonds is 8. The van der Waals surface area contributed by atoms with Gasteiger partial charge in [0.15, 0.2) is 18.1 Å². The van der Waals surface area contributed by atoms with Crippen LogP contribution in [0.5, 0.6) is 11.5 Å². The van der Waals surface area contributed by atoms with Gasteiger partial charge in [-0.2, -0.15) is 0 Å². The van der Waals surface area contributed by atoms with Gasteiger partial charge in [-0.3, -0.25) is 4.79 Å². The normalized spacial score (nSPS) is 13.6. The van der Waals surface area contributed by atoms with Gasteiger partial charge >= 0.3 is 0 Å². The third kappa shape index (κ3) is 4.03. The van der Waals surface area contributed by atoms with Crippen LogP contribution in [-0.2, 0) is 11.3 Å². The molecule has 1 saturated carbocycles. The van der Waals surface area contributed by atoms with Crippen molar-refractivity contribution in [3.05, 3.63) is 42.5 Å². The molecule has 3 rings (SSSR count). The first kappa shape index (κ1) is 15.4. The van der Waals surface area contributed by atoms with Crippen LogP contribution in [0, 0.1) is 0 Å². The summed E-state index contributed by atoms with van der Waals surface area (Å²) in [6, 6.07) is 7.27. The number of carbonyl (C=O) groups excluding carboxylic acids is 1. The van der Waals surface area contributed by atoms with Crippen molar-refractivity contribution in [1.82, 2.24) is 14.9 Å². The Morgan fingerprint density at radius 2 is 2.13 bits per heavy atom. The van der Waals surface area contributed by atoms with E-state index in [-0.39, 0.29) is 12.5 Å². The smallest absolute Gasteiger partial charge is 0.258 e. The lowest BCUT2D eigenvalue weighted by Crippen LogP contribution is -2.31. The lowest BCUT2D eigenvalue weighted by Gasteiger charge is -2.11. The highest BCUT2D eigenvalue weighted by atomic mass is 16.5. The fourth-order valence-corrected chi connectivity index (χ4v) is 2.46. The minimum atomic E-state index is -0.149. The van der Waals surface area contributed by atoms with Crippen LogP contribution >= 0.6 is 0 Å². The van der Waals surface area contributed by atoms with Gasteiger partial charge in [0.25, 0.3) is 5.91 Å². The van der Waals surface area contributed by atoms with Gasteiger partial charge in [-0.1, -0.05) is 12.1 Å². The number of carbonyl (C=O) groups is 1. The van der Waals surface area contributed by atoms with Crippen molar-refractivity contribution < 1.29 is 14.3 Å². The number of ether oxygens (including phenoxy) is 2. The number of para-hydroxylation sites is 2. The van der Waals surface area contributed by atoms with Crippen molar-refractivity contribution >= 4 is 5.91 Å². The molecule has 1 amide bonds. The Balaban J connectivity index is 1.42.